The fourth-order valence-electron chi connectivity index (χ4n) is 2.97. The highest BCUT2D eigenvalue weighted by Gasteiger charge is 2.53. The molecular weight excluding hydrogens is 524 g/mol. The first-order chi connectivity index (χ1) is 17.3. The number of carbonyl (C=O) groups excluding carboxylic acids is 4. The van der Waals surface area contributed by atoms with Crippen molar-refractivity contribution in [3.63, 3.8) is 0 Å². The number of ether oxygens (including phenoxy) is 3. The van der Waals surface area contributed by atoms with E-state index in [4.69, 9.17) is 14.3 Å². The lowest BCUT2D eigenvalue weighted by atomic mass is 10.1. The number of nitrogens with one attached hydrogen (secondary N) is 1. The summed E-state index contributed by atoms with van der Waals surface area (Å²) in [4.78, 5) is 70.2. The molecule has 1 saturated heterocycles. The number of thioether (sulfide) groups is 1. The van der Waals surface area contributed by atoms with Crippen LogP contribution in [0.15, 0.2) is 41.6 Å². The fraction of sp³-hybridized carbons (Fsp3) is 0.316. The van der Waals surface area contributed by atoms with Gasteiger partial charge in [0.15, 0.2) is 11.5 Å². The van der Waals surface area contributed by atoms with E-state index < -0.39 is 53.7 Å². The molecule has 1 N–H and O–H groups in total. The number of nitrogens with zero attached hydrogens (tertiary/aromatic N) is 3. The second-order valence-electron chi connectivity index (χ2n) is 6.84. The van der Waals surface area contributed by atoms with E-state index in [9.17, 15) is 24.0 Å². The number of β-lactam (4-membered cyclic amide) rings is 1. The van der Waals surface area contributed by atoms with Gasteiger partial charge in [-0.15, -0.1) is 23.1 Å². The van der Waals surface area contributed by atoms with E-state index in [1.807, 2.05) is 0 Å². The molecule has 0 saturated carbocycles. The van der Waals surface area contributed by atoms with Crippen LogP contribution in [0.5, 0.6) is 5.95 Å². The molecule has 17 heteroatoms. The first kappa shape index (κ1) is 25.0. The molecule has 2 aromatic rings. The molecular formula is C19H16N4O11S2. The number of aryl methyl sites for hydroxylation is 1. The minimum absolute atomic E-state index is 0.0704. The molecule has 190 valence electrons. The fourth-order valence-corrected chi connectivity index (χ4v) is 4.68. The number of hydrogen-bond acceptors (Lipinski definition) is 15. The summed E-state index contributed by atoms with van der Waals surface area (Å²) in [6.45, 7) is 0.811. The summed E-state index contributed by atoms with van der Waals surface area (Å²) >= 11 is 2.50. The quantitative estimate of drug-likeness (QED) is 0.209. The highest BCUT2D eigenvalue weighted by molar-refractivity contribution is 8.00. The van der Waals surface area contributed by atoms with Crippen LogP contribution in [-0.2, 0) is 28.7 Å². The van der Waals surface area contributed by atoms with E-state index in [0.29, 0.717) is 5.75 Å². The van der Waals surface area contributed by atoms with Crippen molar-refractivity contribution in [1.82, 2.24) is 15.2 Å². The molecule has 1 unspecified atom stereocenters. The zero-order chi connectivity index (χ0) is 25.8. The lowest BCUT2D eigenvalue weighted by Crippen LogP contribution is -2.70. The number of oxime groups is 1. The van der Waals surface area contributed by atoms with E-state index in [2.05, 4.69) is 29.0 Å². The van der Waals surface area contributed by atoms with Crippen LogP contribution in [0.2, 0.25) is 0 Å². The number of aromatic nitrogens is 1. The highest BCUT2D eigenvalue weighted by atomic mass is 32.2. The summed E-state index contributed by atoms with van der Waals surface area (Å²) in [5.74, 6) is -3.42. The first-order valence-corrected chi connectivity index (χ1v) is 11.9. The number of fused-ring (bicyclic) bond motifs is 1. The second-order valence-corrected chi connectivity index (χ2v) is 8.71. The van der Waals surface area contributed by atoms with E-state index in [0.717, 1.165) is 4.90 Å². The van der Waals surface area contributed by atoms with Gasteiger partial charge in [-0.1, -0.05) is 5.16 Å². The number of hydrogen-bond donors (Lipinski definition) is 1. The maximum Gasteiger partial charge on any atom is 0.523 e. The molecule has 0 radical (unpaired) electrons. The van der Waals surface area contributed by atoms with Crippen LogP contribution in [0.3, 0.4) is 0 Å². The molecule has 36 heavy (non-hydrogen) atoms. The minimum atomic E-state index is -1.26. The predicted molar refractivity (Wildman–Crippen MR) is 119 cm³/mol. The largest absolute Gasteiger partial charge is 0.523 e. The predicted octanol–water partition coefficient (Wildman–Crippen LogP) is 0.348. The number of esters is 1. The van der Waals surface area contributed by atoms with Crippen LogP contribution in [0.4, 0.5) is 4.79 Å². The van der Waals surface area contributed by atoms with Crippen LogP contribution in [0.1, 0.15) is 11.5 Å². The molecule has 2 aliphatic heterocycles. The van der Waals surface area contributed by atoms with Crippen molar-refractivity contribution in [2.24, 2.45) is 5.16 Å². The summed E-state index contributed by atoms with van der Waals surface area (Å²) in [5.41, 5.74) is 1.39. The van der Waals surface area contributed by atoms with Gasteiger partial charge in [-0.05, 0) is 6.08 Å². The maximum absolute atomic E-state index is 12.9. The summed E-state index contributed by atoms with van der Waals surface area (Å²) < 4.78 is 23.5. The Labute approximate surface area is 209 Å². The third-order valence-electron chi connectivity index (χ3n) is 4.61. The van der Waals surface area contributed by atoms with Gasteiger partial charge in [-0.2, -0.15) is 0 Å². The Hall–Kier alpha value is -4.12. The van der Waals surface area contributed by atoms with E-state index in [1.54, 1.807) is 0 Å². The van der Waals surface area contributed by atoms with Crippen molar-refractivity contribution in [1.29, 1.82) is 0 Å². The molecule has 0 bridgehead atoms. The van der Waals surface area contributed by atoms with Gasteiger partial charge >= 0.3 is 23.9 Å². The van der Waals surface area contributed by atoms with Crippen molar-refractivity contribution < 1.29 is 47.1 Å². The zero-order valence-electron chi connectivity index (χ0n) is 18.4. The van der Waals surface area contributed by atoms with Gasteiger partial charge in [0.25, 0.3) is 11.8 Å². The van der Waals surface area contributed by atoms with Gasteiger partial charge in [0.05, 0.1) is 12.6 Å². The molecule has 4 heterocycles. The lowest BCUT2D eigenvalue weighted by Gasteiger charge is -2.47. The maximum atomic E-state index is 12.9. The van der Waals surface area contributed by atoms with Crippen molar-refractivity contribution in [2.45, 2.75) is 18.3 Å². The summed E-state index contributed by atoms with van der Waals surface area (Å²) in [6.07, 6.45) is 0.208. The van der Waals surface area contributed by atoms with Gasteiger partial charge in [-0.25, -0.2) is 19.4 Å². The zero-order valence-corrected chi connectivity index (χ0v) is 20.1. The number of carbonyl (C=O) groups is 4. The first-order valence-electron chi connectivity index (χ1n) is 9.89. The lowest BCUT2D eigenvalue weighted by molar-refractivity contribution is -0.148. The molecule has 0 aromatic carbocycles. The van der Waals surface area contributed by atoms with Crippen molar-refractivity contribution in [2.75, 3.05) is 19.5 Å². The van der Waals surface area contributed by atoms with Gasteiger partial charge in [-0.3, -0.25) is 14.5 Å². The minimum Gasteiger partial charge on any atom is -0.466 e. The highest BCUT2D eigenvalue weighted by Crippen LogP contribution is 2.38. The Kier molecular flexibility index (Phi) is 7.39. The monoisotopic (exact) mass is 540 g/mol. The third-order valence-corrected chi connectivity index (χ3v) is 6.38. The molecule has 15 nitrogen and oxygen atoms in total. The van der Waals surface area contributed by atoms with E-state index in [1.165, 1.54) is 54.1 Å². The second kappa shape index (κ2) is 10.6. The Morgan fingerprint density at radius 3 is 2.75 bits per heavy atom. The van der Waals surface area contributed by atoms with Crippen LogP contribution in [0, 0.1) is 6.92 Å². The number of amides is 2. The van der Waals surface area contributed by atoms with Gasteiger partial charge in [0.2, 0.25) is 12.5 Å². The van der Waals surface area contributed by atoms with Gasteiger partial charge in [0, 0.05) is 18.1 Å². The summed E-state index contributed by atoms with van der Waals surface area (Å²) in [7, 11) is 1.17. The van der Waals surface area contributed by atoms with Gasteiger partial charge in [0.1, 0.15) is 17.1 Å². The molecule has 2 aliphatic rings. The third kappa shape index (κ3) is 5.25. The number of thiazole rings is 1. The SMILES string of the molecule is COC(=O)CON=C(C(=O)NC1C(=O)N2C(OC(=O)Oc3oc(=O)oc3C)=CCS[C@@H]12)c1cscn1. The van der Waals surface area contributed by atoms with E-state index >= 15 is 0 Å². The Bertz CT molecular complexity index is 1300. The normalized spacial score (nSPS) is 18.9. The molecule has 4 rings (SSSR count). The van der Waals surface area contributed by atoms with Crippen molar-refractivity contribution in [3.8, 4) is 5.95 Å². The van der Waals surface area contributed by atoms with Crippen LogP contribution in [-0.4, -0.2) is 70.4 Å². The van der Waals surface area contributed by atoms with Crippen LogP contribution < -0.4 is 15.9 Å². The molecule has 2 atom stereocenters. The van der Waals surface area contributed by atoms with E-state index in [-0.39, 0.29) is 23.0 Å². The van der Waals surface area contributed by atoms with Crippen molar-refractivity contribution >= 4 is 52.7 Å². The Morgan fingerprint density at radius 1 is 1.28 bits per heavy atom. The standard InChI is InChI=1S/C19H16N4O11S2/c1-8-17(33-18(27)31-8)34-19(28)32-10-3-4-36-16-13(15(26)23(10)16)21-14(25)12(9-6-35-7-20-9)22-30-5-11(24)29-2/h3,6-7,13,16H,4-5H2,1-2H3,(H,21,25)/t13?,16-/m0/s1. The van der Waals surface area contributed by atoms with Crippen molar-refractivity contribution in [3.05, 3.63) is 44.9 Å². The number of rotatable bonds is 8. The number of methoxy groups -OCH3 is 1. The average Bonchev–Trinajstić information content (AvgIpc) is 3.48. The summed E-state index contributed by atoms with van der Waals surface area (Å²) in [5, 5.41) is 7.17. The summed E-state index contributed by atoms with van der Waals surface area (Å²) in [6, 6.07) is -0.982. The topological polar surface area (TPSA) is 189 Å². The molecule has 0 spiro atoms. The Balaban J connectivity index is 1.40. The Morgan fingerprint density at radius 2 is 2.08 bits per heavy atom. The van der Waals surface area contributed by atoms with Gasteiger partial charge < -0.3 is 33.2 Å². The smallest absolute Gasteiger partial charge is 0.466 e. The molecule has 0 aliphatic carbocycles. The average molecular weight is 540 g/mol. The van der Waals surface area contributed by atoms with Crippen LogP contribution in [0.25, 0.3) is 0 Å². The molecule has 1 fully saturated rings. The molecule has 2 aromatic heterocycles. The van der Waals surface area contributed by atoms with Crippen LogP contribution >= 0.6 is 23.1 Å². The molecule has 2 amide bonds.